The van der Waals surface area contributed by atoms with E-state index in [1.807, 2.05) is 0 Å². The Bertz CT molecular complexity index is 2590. The van der Waals surface area contributed by atoms with Gasteiger partial charge in [-0.1, -0.05) is 210 Å². The summed E-state index contributed by atoms with van der Waals surface area (Å²) in [7, 11) is 0. The van der Waals surface area contributed by atoms with E-state index >= 15 is 0 Å². The number of aryl methyl sites for hydroxylation is 4. The Hall–Kier alpha value is -3.84. The number of fused-ring (bicyclic) bond motifs is 4. The standard InChI is InChI=1S/C62H81B/c1-38-31-40(3)56-49(32-38)46(24-20-42-33-44(57(5,6)7)22-19-39(42)2)48-35-45(58(8,9)10)23-26-54(48)63(56)55-37-53-52(61(15,16)29-30-62(53,17)18)36-47(55)41(4)43-21-25-50-51(34-43)60(13,14)28-27-59(50,11)12/h19,21-23,25-26,31-37,41,46H,20,24,27-30H2,1-18H3. The Balaban J connectivity index is 1.39. The predicted octanol–water partition coefficient (Wildman–Crippen LogP) is 14.7. The van der Waals surface area contributed by atoms with Crippen LogP contribution in [0.2, 0.25) is 0 Å². The second kappa shape index (κ2) is 15.4. The highest BCUT2D eigenvalue weighted by Crippen LogP contribution is 2.49. The largest absolute Gasteiger partial charge is 0.242 e. The van der Waals surface area contributed by atoms with Gasteiger partial charge in [0.2, 0.25) is 6.71 Å². The van der Waals surface area contributed by atoms with Crippen LogP contribution in [0.25, 0.3) is 0 Å². The third-order valence-corrected chi connectivity index (χ3v) is 17.0. The maximum Gasteiger partial charge on any atom is 0.242 e. The fourth-order valence-electron chi connectivity index (χ4n) is 12.3. The molecule has 1 heteroatoms. The summed E-state index contributed by atoms with van der Waals surface area (Å²) < 4.78 is 0. The van der Waals surface area contributed by atoms with Crippen LogP contribution in [0, 0.1) is 20.8 Å². The van der Waals surface area contributed by atoms with Crippen LogP contribution in [0.1, 0.15) is 226 Å². The van der Waals surface area contributed by atoms with E-state index in [-0.39, 0.29) is 45.1 Å². The molecule has 0 fully saturated rings. The molecule has 5 aromatic rings. The maximum absolute atomic E-state index is 2.75. The summed E-state index contributed by atoms with van der Waals surface area (Å²) in [5.74, 6) is 0.546. The Morgan fingerprint density at radius 3 is 1.68 bits per heavy atom. The average Bonchev–Trinajstić information content (AvgIpc) is 3.19. The van der Waals surface area contributed by atoms with Gasteiger partial charge in [0.05, 0.1) is 0 Å². The third-order valence-electron chi connectivity index (χ3n) is 17.0. The zero-order chi connectivity index (χ0) is 46.0. The van der Waals surface area contributed by atoms with E-state index in [9.17, 15) is 0 Å². The normalized spacial score (nSPS) is 20.0. The summed E-state index contributed by atoms with van der Waals surface area (Å²) in [5, 5.41) is 0. The Kier molecular flexibility index (Phi) is 11.2. The molecule has 0 amide bonds. The fraction of sp³-hybridized carbons (Fsp3) is 0.516. The van der Waals surface area contributed by atoms with Gasteiger partial charge in [0.15, 0.2) is 0 Å². The molecule has 0 saturated carbocycles. The lowest BCUT2D eigenvalue weighted by atomic mass is 9.30. The first kappa shape index (κ1) is 45.7. The van der Waals surface area contributed by atoms with Gasteiger partial charge in [-0.2, -0.15) is 0 Å². The molecule has 0 radical (unpaired) electrons. The molecule has 0 N–H and O–H groups in total. The molecule has 1 heterocycles. The summed E-state index contributed by atoms with van der Waals surface area (Å²) in [6.07, 6.45) is 7.04. The highest BCUT2D eigenvalue weighted by atomic mass is 14.4. The van der Waals surface area contributed by atoms with Crippen molar-refractivity contribution in [3.05, 3.63) is 157 Å². The summed E-state index contributed by atoms with van der Waals surface area (Å²) in [6.45, 7) is 43.9. The molecule has 0 bridgehead atoms. The monoisotopic (exact) mass is 837 g/mol. The second-order valence-corrected chi connectivity index (χ2v) is 25.7. The van der Waals surface area contributed by atoms with E-state index in [0.29, 0.717) is 5.92 Å². The van der Waals surface area contributed by atoms with Crippen molar-refractivity contribution in [1.82, 2.24) is 0 Å². The van der Waals surface area contributed by atoms with Crippen LogP contribution in [-0.4, -0.2) is 6.71 Å². The van der Waals surface area contributed by atoms with Crippen molar-refractivity contribution < 1.29 is 0 Å². The minimum absolute atomic E-state index is 0.0470. The van der Waals surface area contributed by atoms with Crippen molar-refractivity contribution >= 4 is 23.1 Å². The van der Waals surface area contributed by atoms with Gasteiger partial charge in [0.1, 0.15) is 0 Å². The zero-order valence-corrected chi connectivity index (χ0v) is 43.0. The SMILES string of the molecule is Cc1cc(C)c2c(c1)C(CCc1cc(C(C)(C)C)ccc1C)c1cc(C(C)(C)C)ccc1B2c1cc2c(cc1C(C)c1ccc3c(c1)C(C)(C)CCC3(C)C)C(C)(C)CCC2(C)C. The molecule has 0 saturated heterocycles. The Labute approximate surface area is 385 Å². The van der Waals surface area contributed by atoms with Crippen molar-refractivity contribution in [2.24, 2.45) is 0 Å². The van der Waals surface area contributed by atoms with Crippen molar-refractivity contribution in [1.29, 1.82) is 0 Å². The van der Waals surface area contributed by atoms with E-state index in [1.54, 1.807) is 38.8 Å². The molecule has 2 unspecified atom stereocenters. The van der Waals surface area contributed by atoms with Crippen LogP contribution < -0.4 is 16.4 Å². The van der Waals surface area contributed by atoms with Gasteiger partial charge < -0.3 is 0 Å². The van der Waals surface area contributed by atoms with Crippen LogP contribution in [0.15, 0.2) is 78.9 Å². The lowest BCUT2D eigenvalue weighted by molar-refractivity contribution is 0.331. The smallest absolute Gasteiger partial charge is 0.0664 e. The molecule has 332 valence electrons. The second-order valence-electron chi connectivity index (χ2n) is 25.7. The van der Waals surface area contributed by atoms with Gasteiger partial charge in [-0.05, 0) is 159 Å². The molecule has 0 nitrogen and oxygen atoms in total. The number of rotatable bonds is 6. The van der Waals surface area contributed by atoms with Gasteiger partial charge in [-0.15, -0.1) is 0 Å². The quantitative estimate of drug-likeness (QED) is 0.150. The van der Waals surface area contributed by atoms with Crippen molar-refractivity contribution in [2.75, 3.05) is 0 Å². The molecule has 63 heavy (non-hydrogen) atoms. The molecule has 3 aliphatic rings. The zero-order valence-electron chi connectivity index (χ0n) is 43.0. The number of hydrogen-bond acceptors (Lipinski definition) is 0. The minimum atomic E-state index is 0.0470. The van der Waals surface area contributed by atoms with Crippen LogP contribution in [0.5, 0.6) is 0 Å². The van der Waals surface area contributed by atoms with Crippen molar-refractivity contribution in [3.63, 3.8) is 0 Å². The van der Waals surface area contributed by atoms with E-state index < -0.39 is 0 Å². The van der Waals surface area contributed by atoms with E-state index in [4.69, 9.17) is 0 Å². The Morgan fingerprint density at radius 1 is 0.540 bits per heavy atom. The highest BCUT2D eigenvalue weighted by molar-refractivity contribution is 6.97. The van der Waals surface area contributed by atoms with Gasteiger partial charge in [0, 0.05) is 11.8 Å². The van der Waals surface area contributed by atoms with Crippen molar-refractivity contribution in [3.8, 4) is 0 Å². The van der Waals surface area contributed by atoms with Gasteiger partial charge in [-0.25, -0.2) is 0 Å². The lowest BCUT2D eigenvalue weighted by Crippen LogP contribution is -2.60. The number of benzene rings is 5. The molecule has 5 aromatic carbocycles. The predicted molar refractivity (Wildman–Crippen MR) is 277 cm³/mol. The molecular formula is C62H81B. The van der Waals surface area contributed by atoms with Crippen molar-refractivity contribution in [2.45, 2.75) is 207 Å². The topological polar surface area (TPSA) is 0 Å². The number of hydrogen-bond donors (Lipinski definition) is 0. The summed E-state index contributed by atoms with van der Waals surface area (Å²) in [6, 6.07) is 33.2. The Morgan fingerprint density at radius 2 is 1.08 bits per heavy atom. The minimum Gasteiger partial charge on any atom is -0.0664 e. The molecule has 8 rings (SSSR count). The maximum atomic E-state index is 2.75. The average molecular weight is 837 g/mol. The van der Waals surface area contributed by atoms with E-state index in [2.05, 4.69) is 203 Å². The summed E-state index contributed by atoms with van der Waals surface area (Å²) in [4.78, 5) is 0. The van der Waals surface area contributed by atoms with Gasteiger partial charge in [0.25, 0.3) is 0 Å². The molecule has 2 aliphatic carbocycles. The lowest BCUT2D eigenvalue weighted by Gasteiger charge is -2.44. The van der Waals surface area contributed by atoms with Crippen LogP contribution >= 0.6 is 0 Å². The first-order chi connectivity index (χ1) is 29.1. The third kappa shape index (κ3) is 8.14. The van der Waals surface area contributed by atoms with Gasteiger partial charge in [-0.3, -0.25) is 0 Å². The first-order valence-corrected chi connectivity index (χ1v) is 24.8. The fourth-order valence-corrected chi connectivity index (χ4v) is 12.3. The van der Waals surface area contributed by atoms with E-state index in [0.717, 1.165) is 12.8 Å². The van der Waals surface area contributed by atoms with E-state index in [1.165, 1.54) is 81.1 Å². The van der Waals surface area contributed by atoms with Crippen LogP contribution in [-0.2, 0) is 38.9 Å². The highest BCUT2D eigenvalue weighted by Gasteiger charge is 2.44. The summed E-state index contributed by atoms with van der Waals surface area (Å²) >= 11 is 0. The summed E-state index contributed by atoms with van der Waals surface area (Å²) in [5.41, 5.74) is 26.2. The molecule has 1 aliphatic heterocycles. The first-order valence-electron chi connectivity index (χ1n) is 24.8. The molecule has 0 spiro atoms. The van der Waals surface area contributed by atoms with Crippen LogP contribution in [0.3, 0.4) is 0 Å². The molecule has 2 atom stereocenters. The van der Waals surface area contributed by atoms with Gasteiger partial charge >= 0.3 is 0 Å². The molecular weight excluding hydrogens is 755 g/mol. The van der Waals surface area contributed by atoms with Crippen LogP contribution in [0.4, 0.5) is 0 Å². The molecule has 0 aromatic heterocycles.